The van der Waals surface area contributed by atoms with Crippen LogP contribution in [-0.2, 0) is 28.4 Å². The third-order valence-corrected chi connectivity index (χ3v) is 7.58. The van der Waals surface area contributed by atoms with Crippen LogP contribution in [0.1, 0.15) is 25.7 Å². The lowest BCUT2D eigenvalue weighted by Gasteiger charge is -2.48. The number of aliphatic hydroxyl groups excluding tert-OH is 10. The van der Waals surface area contributed by atoms with Crippen molar-refractivity contribution in [1.82, 2.24) is 0 Å². The molecule has 15 atom stereocenters. The van der Waals surface area contributed by atoms with Gasteiger partial charge in [0, 0.05) is 18.1 Å². The van der Waals surface area contributed by atoms with E-state index in [1.54, 1.807) is 0 Å². The van der Waals surface area contributed by atoms with Gasteiger partial charge in [0.2, 0.25) is 0 Å². The zero-order valence-corrected chi connectivity index (χ0v) is 23.3. The molecule has 3 fully saturated rings. The predicted octanol–water partition coefficient (Wildman–Crippen LogP) is -4.68. The number of azide groups is 1. The molecule has 0 spiro atoms. The summed E-state index contributed by atoms with van der Waals surface area (Å²) in [6.45, 7) is -1.78. The Labute approximate surface area is 246 Å². The molecule has 0 aliphatic carbocycles. The first-order valence-electron chi connectivity index (χ1n) is 14.1. The summed E-state index contributed by atoms with van der Waals surface area (Å²) in [7, 11) is 0. The quantitative estimate of drug-likeness (QED) is 0.0352. The van der Waals surface area contributed by atoms with Crippen LogP contribution in [0, 0.1) is 0 Å². The molecule has 3 heterocycles. The summed E-state index contributed by atoms with van der Waals surface area (Å²) >= 11 is 0. The molecule has 3 saturated heterocycles. The van der Waals surface area contributed by atoms with Crippen LogP contribution in [0.25, 0.3) is 10.4 Å². The molecule has 6 unspecified atom stereocenters. The Bertz CT molecular complexity index is 870. The number of ether oxygens (including phenoxy) is 6. The fourth-order valence-electron chi connectivity index (χ4n) is 5.03. The number of rotatable bonds is 15. The van der Waals surface area contributed by atoms with E-state index in [0.29, 0.717) is 25.8 Å². The van der Waals surface area contributed by atoms with E-state index in [2.05, 4.69) is 10.0 Å². The van der Waals surface area contributed by atoms with Crippen molar-refractivity contribution in [1.29, 1.82) is 0 Å². The summed E-state index contributed by atoms with van der Waals surface area (Å²) < 4.78 is 33.4. The molecule has 250 valence electrons. The minimum absolute atomic E-state index is 0.0991. The second-order valence-corrected chi connectivity index (χ2v) is 10.6. The highest BCUT2D eigenvalue weighted by Gasteiger charge is 2.53. The average Bonchev–Trinajstić information content (AvgIpc) is 3.00. The SMILES string of the molecule is [N-]=[N+]=NCCCCCCO[C@H]1OC(CO)[C@@H](O)[C@H](O)C1O[C@H]1OC(CO)[C@@H](O)[C@H](O[C@H]2OC(CO)[C@@H](O)[C@H](O)C2O)C1O. The lowest BCUT2D eigenvalue weighted by molar-refractivity contribution is -0.385. The molecule has 3 aliphatic heterocycles. The van der Waals surface area contributed by atoms with Crippen molar-refractivity contribution in [2.24, 2.45) is 5.11 Å². The molecule has 0 radical (unpaired) electrons. The summed E-state index contributed by atoms with van der Waals surface area (Å²) in [6, 6.07) is 0. The van der Waals surface area contributed by atoms with E-state index in [9.17, 15) is 51.1 Å². The van der Waals surface area contributed by atoms with E-state index in [-0.39, 0.29) is 6.61 Å². The monoisotopic (exact) mass is 629 g/mol. The van der Waals surface area contributed by atoms with Crippen LogP contribution >= 0.6 is 0 Å². The third-order valence-electron chi connectivity index (χ3n) is 7.58. The molecule has 0 amide bonds. The van der Waals surface area contributed by atoms with Crippen molar-refractivity contribution < 1.29 is 79.5 Å². The molecule has 19 nitrogen and oxygen atoms in total. The normalized spacial score (nSPS) is 43.7. The smallest absolute Gasteiger partial charge is 0.187 e. The first-order valence-corrected chi connectivity index (χ1v) is 14.1. The molecular formula is C24H43N3O16. The summed E-state index contributed by atoms with van der Waals surface area (Å²) in [5.41, 5.74) is 8.33. The van der Waals surface area contributed by atoms with Crippen LogP contribution in [0.4, 0.5) is 0 Å². The van der Waals surface area contributed by atoms with Crippen LogP contribution in [0.15, 0.2) is 5.11 Å². The van der Waals surface area contributed by atoms with E-state index < -0.39 is 112 Å². The molecule has 3 rings (SSSR count). The maximum atomic E-state index is 11.1. The van der Waals surface area contributed by atoms with Gasteiger partial charge in [0.1, 0.15) is 73.2 Å². The molecule has 43 heavy (non-hydrogen) atoms. The molecule has 0 saturated carbocycles. The summed E-state index contributed by atoms with van der Waals surface area (Å²) in [5, 5.41) is 106. The summed E-state index contributed by atoms with van der Waals surface area (Å²) in [5.74, 6) is 0. The van der Waals surface area contributed by atoms with E-state index in [1.807, 2.05) is 0 Å². The third kappa shape index (κ3) is 8.90. The lowest BCUT2D eigenvalue weighted by Crippen LogP contribution is -2.66. The van der Waals surface area contributed by atoms with Crippen molar-refractivity contribution in [3.63, 3.8) is 0 Å². The topological polar surface area (TPSA) is 306 Å². The standard InChI is InChI=1S/C24H43N3O16/c25-27-26-5-3-1-2-4-6-38-24-21(17(35)14(32)11(8-29)41-24)43-23-19(37)20(15(33)12(9-30)40-23)42-22-18(36)16(34)13(31)10(7-28)39-22/h10-24,28-37H,1-9H2/t10?,11?,12?,13-,14-,15-,16+,17+,18?,19?,20+,21?,22-,23-,24+/m1/s1. The summed E-state index contributed by atoms with van der Waals surface area (Å²) in [6.07, 6.45) is -21.9. The van der Waals surface area contributed by atoms with Gasteiger partial charge >= 0.3 is 0 Å². The zero-order chi connectivity index (χ0) is 31.7. The molecule has 0 aromatic carbocycles. The fourth-order valence-corrected chi connectivity index (χ4v) is 5.03. The summed E-state index contributed by atoms with van der Waals surface area (Å²) in [4.78, 5) is 2.68. The van der Waals surface area contributed by atoms with Gasteiger partial charge in [-0.15, -0.1) is 0 Å². The molecule has 0 aromatic heterocycles. The Morgan fingerprint density at radius 2 is 1.07 bits per heavy atom. The van der Waals surface area contributed by atoms with Crippen molar-refractivity contribution >= 4 is 0 Å². The number of unbranched alkanes of at least 4 members (excludes halogenated alkanes) is 3. The van der Waals surface area contributed by atoms with Crippen LogP contribution < -0.4 is 0 Å². The second-order valence-electron chi connectivity index (χ2n) is 10.6. The largest absolute Gasteiger partial charge is 0.394 e. The second kappa shape index (κ2) is 17.4. The van der Waals surface area contributed by atoms with Gasteiger partial charge in [-0.2, -0.15) is 0 Å². The Morgan fingerprint density at radius 3 is 1.67 bits per heavy atom. The van der Waals surface area contributed by atoms with E-state index in [1.165, 1.54) is 0 Å². The predicted molar refractivity (Wildman–Crippen MR) is 137 cm³/mol. The Kier molecular flexibility index (Phi) is 14.6. The fraction of sp³-hybridized carbons (Fsp3) is 1.00. The number of hydrogen-bond acceptors (Lipinski definition) is 17. The molecular weight excluding hydrogens is 586 g/mol. The van der Waals surface area contributed by atoms with Gasteiger partial charge in [0.05, 0.1) is 19.8 Å². The van der Waals surface area contributed by atoms with E-state index >= 15 is 0 Å². The zero-order valence-electron chi connectivity index (χ0n) is 23.3. The van der Waals surface area contributed by atoms with Gasteiger partial charge < -0.3 is 79.5 Å². The van der Waals surface area contributed by atoms with Crippen LogP contribution in [-0.4, -0.2) is 176 Å². The Morgan fingerprint density at radius 1 is 0.558 bits per heavy atom. The van der Waals surface area contributed by atoms with Crippen molar-refractivity contribution in [3.8, 4) is 0 Å². The number of aliphatic hydroxyl groups is 10. The Hall–Kier alpha value is -1.33. The number of hydrogen-bond donors (Lipinski definition) is 10. The maximum Gasteiger partial charge on any atom is 0.187 e. The van der Waals surface area contributed by atoms with Crippen molar-refractivity contribution in [2.45, 2.75) is 118 Å². The highest BCUT2D eigenvalue weighted by molar-refractivity contribution is 4.96. The van der Waals surface area contributed by atoms with Crippen molar-refractivity contribution in [3.05, 3.63) is 10.4 Å². The van der Waals surface area contributed by atoms with Gasteiger partial charge in [-0.3, -0.25) is 0 Å². The van der Waals surface area contributed by atoms with Gasteiger partial charge in [-0.1, -0.05) is 18.0 Å². The lowest BCUT2D eigenvalue weighted by atomic mass is 9.96. The first-order chi connectivity index (χ1) is 20.6. The van der Waals surface area contributed by atoms with Crippen molar-refractivity contribution in [2.75, 3.05) is 33.0 Å². The minimum atomic E-state index is -1.90. The van der Waals surface area contributed by atoms with Crippen LogP contribution in [0.2, 0.25) is 0 Å². The highest BCUT2D eigenvalue weighted by Crippen LogP contribution is 2.33. The van der Waals surface area contributed by atoms with Crippen LogP contribution in [0.3, 0.4) is 0 Å². The molecule has 19 heteroatoms. The number of nitrogens with zero attached hydrogens (tertiary/aromatic N) is 3. The molecule has 10 N–H and O–H groups in total. The van der Waals surface area contributed by atoms with E-state index in [0.717, 1.165) is 6.42 Å². The maximum absolute atomic E-state index is 11.1. The first kappa shape index (κ1) is 36.1. The Balaban J connectivity index is 1.71. The molecule has 3 aliphatic rings. The van der Waals surface area contributed by atoms with Gasteiger partial charge in [-0.05, 0) is 18.4 Å². The highest BCUT2D eigenvalue weighted by atomic mass is 16.8. The minimum Gasteiger partial charge on any atom is -0.394 e. The molecule has 0 aromatic rings. The van der Waals surface area contributed by atoms with Crippen LogP contribution in [0.5, 0.6) is 0 Å². The van der Waals surface area contributed by atoms with Gasteiger partial charge in [0.15, 0.2) is 18.9 Å². The van der Waals surface area contributed by atoms with E-state index in [4.69, 9.17) is 34.0 Å². The van der Waals surface area contributed by atoms with Gasteiger partial charge in [0.25, 0.3) is 0 Å². The van der Waals surface area contributed by atoms with Gasteiger partial charge in [-0.25, -0.2) is 0 Å². The molecule has 0 bridgehead atoms. The average molecular weight is 630 g/mol.